The van der Waals surface area contributed by atoms with E-state index in [0.29, 0.717) is 11.3 Å². The largest absolute Gasteiger partial charge is 0.280 e. The smallest absolute Gasteiger partial charge is 0.267 e. The topological polar surface area (TPSA) is 63.4 Å². The van der Waals surface area contributed by atoms with Gasteiger partial charge in [0.2, 0.25) is 0 Å². The number of hydrogen-bond acceptors (Lipinski definition) is 5. The van der Waals surface area contributed by atoms with Gasteiger partial charge in [-0.3, -0.25) is 9.78 Å². The molecule has 7 heteroatoms. The fraction of sp³-hybridized carbons (Fsp3) is 0.0625. The Morgan fingerprint density at radius 2 is 1.49 bits per heavy atom. The number of thioether (sulfide) groups is 1. The Hall–Kier alpha value is -4.75. The standard InChI is InChI=1S/C32H25N5OS/c1-23-12-14-28(15-13-23)39-22-30-29(32(38)37(34-30)27-10-6-3-7-11-27)20-25-21-36(26-8-4-2-5-9-26)35-31(25)24-16-18-33-19-17-24/h2-21H,22H2,1H3/b29-20-. The van der Waals surface area contributed by atoms with E-state index in [2.05, 4.69) is 36.2 Å². The van der Waals surface area contributed by atoms with Crippen LogP contribution in [0.25, 0.3) is 23.0 Å². The minimum Gasteiger partial charge on any atom is -0.267 e. The van der Waals surface area contributed by atoms with Crippen LogP contribution in [0.3, 0.4) is 0 Å². The molecule has 1 aliphatic heterocycles. The average molecular weight is 528 g/mol. The molecule has 1 amide bonds. The maximum atomic E-state index is 13.8. The van der Waals surface area contributed by atoms with Crippen LogP contribution in [0.15, 0.2) is 131 Å². The zero-order valence-corrected chi connectivity index (χ0v) is 22.1. The number of anilines is 1. The second-order valence-corrected chi connectivity index (χ2v) is 10.2. The van der Waals surface area contributed by atoms with Crippen molar-refractivity contribution in [2.24, 2.45) is 5.10 Å². The number of benzene rings is 3. The van der Waals surface area contributed by atoms with Gasteiger partial charge in [-0.1, -0.05) is 54.1 Å². The molecule has 2 aromatic heterocycles. The van der Waals surface area contributed by atoms with Crippen LogP contribution in [0.1, 0.15) is 11.1 Å². The van der Waals surface area contributed by atoms with Crippen molar-refractivity contribution in [2.75, 3.05) is 10.8 Å². The van der Waals surface area contributed by atoms with E-state index in [1.807, 2.05) is 89.8 Å². The molecule has 3 aromatic carbocycles. The van der Waals surface area contributed by atoms with E-state index in [-0.39, 0.29) is 5.91 Å². The van der Waals surface area contributed by atoms with Crippen molar-refractivity contribution in [1.29, 1.82) is 0 Å². The van der Waals surface area contributed by atoms with Crippen LogP contribution in [0.5, 0.6) is 0 Å². The number of hydrazone groups is 1. The lowest BCUT2D eigenvalue weighted by Gasteiger charge is -2.10. The Morgan fingerprint density at radius 3 is 2.18 bits per heavy atom. The number of carbonyl (C=O) groups excluding carboxylic acids is 1. The highest BCUT2D eigenvalue weighted by atomic mass is 32.2. The molecule has 0 spiro atoms. The number of para-hydroxylation sites is 2. The first-order valence-electron chi connectivity index (χ1n) is 12.6. The summed E-state index contributed by atoms with van der Waals surface area (Å²) in [4.78, 5) is 19.1. The van der Waals surface area contributed by atoms with Gasteiger partial charge in [0.05, 0.1) is 22.7 Å². The second-order valence-electron chi connectivity index (χ2n) is 9.11. The molecule has 1 aliphatic rings. The first-order chi connectivity index (χ1) is 19.2. The van der Waals surface area contributed by atoms with E-state index in [1.165, 1.54) is 10.6 Å². The number of aromatic nitrogens is 3. The highest BCUT2D eigenvalue weighted by Gasteiger charge is 2.31. The molecule has 6 rings (SSSR count). The highest BCUT2D eigenvalue weighted by molar-refractivity contribution is 8.00. The first-order valence-corrected chi connectivity index (χ1v) is 13.6. The number of carbonyl (C=O) groups is 1. The summed E-state index contributed by atoms with van der Waals surface area (Å²) in [5, 5.41) is 11.2. The third-order valence-corrected chi connectivity index (χ3v) is 7.39. The maximum Gasteiger partial charge on any atom is 0.280 e. The van der Waals surface area contributed by atoms with Crippen LogP contribution < -0.4 is 5.01 Å². The molecule has 0 fully saturated rings. The molecule has 0 N–H and O–H groups in total. The van der Waals surface area contributed by atoms with Gasteiger partial charge in [-0.2, -0.15) is 15.2 Å². The number of hydrogen-bond donors (Lipinski definition) is 0. The molecule has 5 aromatic rings. The van der Waals surface area contributed by atoms with Crippen molar-refractivity contribution in [3.8, 4) is 16.9 Å². The zero-order valence-electron chi connectivity index (χ0n) is 21.3. The number of nitrogens with zero attached hydrogens (tertiary/aromatic N) is 5. The first kappa shape index (κ1) is 24.6. The molecule has 0 radical (unpaired) electrons. The molecule has 0 saturated carbocycles. The molecule has 0 bridgehead atoms. The van der Waals surface area contributed by atoms with Gasteiger partial charge in [-0.15, -0.1) is 11.8 Å². The van der Waals surface area contributed by atoms with E-state index in [4.69, 9.17) is 10.2 Å². The van der Waals surface area contributed by atoms with Gasteiger partial charge < -0.3 is 0 Å². The van der Waals surface area contributed by atoms with Crippen LogP contribution in [0.4, 0.5) is 5.69 Å². The molecule has 0 saturated heterocycles. The van der Waals surface area contributed by atoms with E-state index in [0.717, 1.165) is 38.8 Å². The lowest BCUT2D eigenvalue weighted by atomic mass is 10.0. The van der Waals surface area contributed by atoms with Crippen molar-refractivity contribution < 1.29 is 4.79 Å². The highest BCUT2D eigenvalue weighted by Crippen LogP contribution is 2.31. The Bertz CT molecular complexity index is 1660. The van der Waals surface area contributed by atoms with E-state index in [1.54, 1.807) is 24.2 Å². The third-order valence-electron chi connectivity index (χ3n) is 6.37. The van der Waals surface area contributed by atoms with Crippen molar-refractivity contribution in [3.63, 3.8) is 0 Å². The van der Waals surface area contributed by atoms with Crippen molar-refractivity contribution in [2.45, 2.75) is 11.8 Å². The van der Waals surface area contributed by atoms with Crippen LogP contribution in [-0.2, 0) is 4.79 Å². The van der Waals surface area contributed by atoms with E-state index in [9.17, 15) is 4.79 Å². The quantitative estimate of drug-likeness (QED) is 0.172. The molecule has 6 nitrogen and oxygen atoms in total. The molecule has 0 atom stereocenters. The average Bonchev–Trinajstić information content (AvgIpc) is 3.55. The number of aryl methyl sites for hydroxylation is 1. The maximum absolute atomic E-state index is 13.8. The Morgan fingerprint density at radius 1 is 0.821 bits per heavy atom. The molecular formula is C32H25N5OS. The summed E-state index contributed by atoms with van der Waals surface area (Å²) in [6.07, 6.45) is 7.37. The molecule has 3 heterocycles. The normalized spacial score (nSPS) is 14.2. The third kappa shape index (κ3) is 5.30. The summed E-state index contributed by atoms with van der Waals surface area (Å²) < 4.78 is 1.84. The number of rotatable bonds is 7. The van der Waals surface area contributed by atoms with E-state index >= 15 is 0 Å². The Balaban J connectivity index is 1.42. The summed E-state index contributed by atoms with van der Waals surface area (Å²) in [5.41, 5.74) is 6.68. The van der Waals surface area contributed by atoms with Gasteiger partial charge in [-0.25, -0.2) is 4.68 Å². The van der Waals surface area contributed by atoms with Crippen LogP contribution in [0, 0.1) is 6.92 Å². The molecule has 39 heavy (non-hydrogen) atoms. The number of amides is 1. The summed E-state index contributed by atoms with van der Waals surface area (Å²) in [6, 6.07) is 31.7. The summed E-state index contributed by atoms with van der Waals surface area (Å²) in [7, 11) is 0. The SMILES string of the molecule is Cc1ccc(SCC2=NN(c3ccccc3)C(=O)/C2=C\c2cn(-c3ccccc3)nc2-c2ccncc2)cc1. The summed E-state index contributed by atoms with van der Waals surface area (Å²) in [5.74, 6) is 0.398. The minimum atomic E-state index is -0.158. The summed E-state index contributed by atoms with van der Waals surface area (Å²) in [6.45, 7) is 2.07. The molecule has 0 aliphatic carbocycles. The van der Waals surface area contributed by atoms with Gasteiger partial charge in [0, 0.05) is 40.4 Å². The van der Waals surface area contributed by atoms with Gasteiger partial charge in [0.25, 0.3) is 5.91 Å². The van der Waals surface area contributed by atoms with Gasteiger partial charge >= 0.3 is 0 Å². The van der Waals surface area contributed by atoms with Crippen LogP contribution in [0.2, 0.25) is 0 Å². The molecule has 190 valence electrons. The predicted octanol–water partition coefficient (Wildman–Crippen LogP) is 6.82. The van der Waals surface area contributed by atoms with Crippen molar-refractivity contribution in [3.05, 3.63) is 132 Å². The van der Waals surface area contributed by atoms with Gasteiger partial charge in [-0.05, 0) is 61.5 Å². The van der Waals surface area contributed by atoms with Crippen molar-refractivity contribution >= 4 is 35.1 Å². The molecule has 0 unspecified atom stereocenters. The predicted molar refractivity (Wildman–Crippen MR) is 158 cm³/mol. The fourth-order valence-electron chi connectivity index (χ4n) is 4.34. The van der Waals surface area contributed by atoms with Gasteiger partial charge in [0.1, 0.15) is 5.69 Å². The number of pyridine rings is 1. The van der Waals surface area contributed by atoms with Crippen molar-refractivity contribution in [1.82, 2.24) is 14.8 Å². The fourth-order valence-corrected chi connectivity index (χ4v) is 5.18. The van der Waals surface area contributed by atoms with Crippen LogP contribution >= 0.6 is 11.8 Å². The summed E-state index contributed by atoms with van der Waals surface area (Å²) >= 11 is 1.66. The zero-order chi connectivity index (χ0) is 26.6. The van der Waals surface area contributed by atoms with E-state index < -0.39 is 0 Å². The monoisotopic (exact) mass is 527 g/mol. The second kappa shape index (κ2) is 10.9. The van der Waals surface area contributed by atoms with Gasteiger partial charge in [0.15, 0.2) is 0 Å². The lowest BCUT2D eigenvalue weighted by Crippen LogP contribution is -2.21. The van der Waals surface area contributed by atoms with Crippen LogP contribution in [-0.4, -0.2) is 32.1 Å². The minimum absolute atomic E-state index is 0.158. The molecular weight excluding hydrogens is 502 g/mol. The Labute approximate surface area is 231 Å². The Kier molecular flexibility index (Phi) is 6.89. The lowest BCUT2D eigenvalue weighted by molar-refractivity contribution is -0.114.